The van der Waals surface area contributed by atoms with Gasteiger partial charge in [0.2, 0.25) is 5.60 Å². The van der Waals surface area contributed by atoms with Crippen LogP contribution in [0.1, 0.15) is 35.9 Å². The maximum Gasteiger partial charge on any atom is 0.349 e. The third-order valence-electron chi connectivity index (χ3n) is 6.07. The van der Waals surface area contributed by atoms with Crippen molar-refractivity contribution in [1.82, 2.24) is 0 Å². The Morgan fingerprint density at radius 2 is 1.83 bits per heavy atom. The first-order valence-electron chi connectivity index (χ1n) is 9.90. The van der Waals surface area contributed by atoms with E-state index >= 15 is 0 Å². The van der Waals surface area contributed by atoms with Crippen molar-refractivity contribution in [1.29, 1.82) is 0 Å². The van der Waals surface area contributed by atoms with Crippen LogP contribution < -0.4 is 17.0 Å². The van der Waals surface area contributed by atoms with Gasteiger partial charge in [0.05, 0.1) is 22.8 Å². The number of carbonyl (C=O) groups is 1. The quantitative estimate of drug-likeness (QED) is 0.375. The summed E-state index contributed by atoms with van der Waals surface area (Å²) in [6.07, 6.45) is 2.84. The van der Waals surface area contributed by atoms with Crippen LogP contribution >= 0.6 is 22.7 Å². The minimum Gasteiger partial charge on any atom is -1.00 e. The first-order valence-corrected chi connectivity index (χ1v) is 11.7. The molecule has 1 atom stereocenters. The van der Waals surface area contributed by atoms with Crippen LogP contribution in [0.25, 0.3) is 0 Å². The van der Waals surface area contributed by atoms with Gasteiger partial charge in [-0.15, -0.1) is 22.7 Å². The van der Waals surface area contributed by atoms with Crippen LogP contribution in [-0.4, -0.2) is 47.8 Å². The average Bonchev–Trinajstić information content (AvgIpc) is 3.43. The van der Waals surface area contributed by atoms with E-state index in [0.717, 1.165) is 49.9 Å². The second-order valence-corrected chi connectivity index (χ2v) is 9.68. The van der Waals surface area contributed by atoms with Crippen molar-refractivity contribution in [3.8, 4) is 11.8 Å². The summed E-state index contributed by atoms with van der Waals surface area (Å²) in [5.41, 5.74) is -1.72. The number of fused-ring (bicyclic) bond motifs is 3. The summed E-state index contributed by atoms with van der Waals surface area (Å²) in [7, 11) is 0. The van der Waals surface area contributed by atoms with Gasteiger partial charge >= 0.3 is 5.97 Å². The number of esters is 1. The van der Waals surface area contributed by atoms with E-state index in [1.807, 2.05) is 22.9 Å². The number of thiophene rings is 2. The first-order chi connectivity index (χ1) is 13.6. The molecule has 2 bridgehead atoms. The summed E-state index contributed by atoms with van der Waals surface area (Å²) < 4.78 is 6.94. The van der Waals surface area contributed by atoms with Crippen LogP contribution in [0, 0.1) is 17.8 Å². The van der Waals surface area contributed by atoms with E-state index in [2.05, 4.69) is 18.8 Å². The Bertz CT molecular complexity index is 828. The number of hydrogen-bond acceptors (Lipinski definition) is 5. The second-order valence-electron chi connectivity index (χ2n) is 7.78. The average molecular weight is 496 g/mol. The highest BCUT2D eigenvalue weighted by atomic mass is 79.9. The summed E-state index contributed by atoms with van der Waals surface area (Å²) in [6, 6.07) is 7.31. The molecule has 3 aliphatic rings. The molecule has 0 unspecified atom stereocenters. The van der Waals surface area contributed by atoms with Crippen molar-refractivity contribution in [3.63, 3.8) is 0 Å². The lowest BCUT2D eigenvalue weighted by Gasteiger charge is -2.51. The Morgan fingerprint density at radius 1 is 1.21 bits per heavy atom. The Kier molecular flexibility index (Phi) is 7.23. The molecule has 1 N–H and O–H groups in total. The number of hydrogen-bond donors (Lipinski definition) is 1. The molecule has 2 aromatic heterocycles. The number of quaternary nitrogens is 1. The smallest absolute Gasteiger partial charge is 0.349 e. The molecular weight excluding hydrogens is 470 g/mol. The zero-order chi connectivity index (χ0) is 19.6. The van der Waals surface area contributed by atoms with Gasteiger partial charge in [-0.1, -0.05) is 25.0 Å². The molecule has 4 nitrogen and oxygen atoms in total. The van der Waals surface area contributed by atoms with Gasteiger partial charge in [0.1, 0.15) is 13.1 Å². The van der Waals surface area contributed by atoms with E-state index in [-0.39, 0.29) is 23.1 Å². The highest BCUT2D eigenvalue weighted by Gasteiger charge is 2.51. The zero-order valence-electron chi connectivity index (χ0n) is 16.5. The molecule has 0 amide bonds. The minimum atomic E-state index is -1.72. The van der Waals surface area contributed by atoms with E-state index in [9.17, 15) is 9.90 Å². The van der Waals surface area contributed by atoms with Gasteiger partial charge in [0.15, 0.2) is 6.10 Å². The molecule has 0 aliphatic carbocycles. The van der Waals surface area contributed by atoms with Gasteiger partial charge < -0.3 is 31.3 Å². The van der Waals surface area contributed by atoms with Crippen LogP contribution in [0.2, 0.25) is 0 Å². The molecule has 5 rings (SSSR count). The predicted molar refractivity (Wildman–Crippen MR) is 112 cm³/mol. The van der Waals surface area contributed by atoms with Gasteiger partial charge in [-0.05, 0) is 28.8 Å². The maximum absolute atomic E-state index is 13.3. The van der Waals surface area contributed by atoms with Crippen molar-refractivity contribution >= 4 is 28.6 Å². The highest BCUT2D eigenvalue weighted by Crippen LogP contribution is 2.40. The third-order valence-corrected chi connectivity index (χ3v) is 8.02. The monoisotopic (exact) mass is 495 g/mol. The molecule has 7 heteroatoms. The van der Waals surface area contributed by atoms with Crippen LogP contribution in [0.15, 0.2) is 35.0 Å². The number of piperidine rings is 3. The van der Waals surface area contributed by atoms with Crippen molar-refractivity contribution in [2.75, 3.05) is 26.2 Å². The first kappa shape index (κ1) is 22.5. The number of carbonyl (C=O) groups excluding carboxylic acids is 1. The highest BCUT2D eigenvalue weighted by molar-refractivity contribution is 7.12. The van der Waals surface area contributed by atoms with Crippen LogP contribution in [-0.2, 0) is 15.1 Å². The molecule has 5 heterocycles. The number of nitrogens with zero attached hydrogens (tertiary/aromatic N) is 1. The summed E-state index contributed by atoms with van der Waals surface area (Å²) in [5, 5.41) is 15.2. The number of halogens is 1. The lowest BCUT2D eigenvalue weighted by atomic mass is 9.83. The SMILES string of the molecule is CCC#CC[N+]12CCC(CC1)[C@@H](OC(=O)C(O)(c1cccs1)c1cccs1)C2.[Br-]. The molecule has 0 saturated carbocycles. The van der Waals surface area contributed by atoms with Crippen LogP contribution in [0.4, 0.5) is 0 Å². The van der Waals surface area contributed by atoms with E-state index < -0.39 is 11.6 Å². The normalized spacial score (nSPS) is 25.6. The fraction of sp³-hybridized carbons (Fsp3) is 0.500. The largest absolute Gasteiger partial charge is 1.00 e. The lowest BCUT2D eigenvalue weighted by molar-refractivity contribution is -0.939. The minimum absolute atomic E-state index is 0. The third kappa shape index (κ3) is 4.33. The molecule has 3 fully saturated rings. The molecule has 0 spiro atoms. The molecule has 3 saturated heterocycles. The summed E-state index contributed by atoms with van der Waals surface area (Å²) in [6.45, 7) is 5.92. The summed E-state index contributed by atoms with van der Waals surface area (Å²) in [4.78, 5) is 14.5. The molecule has 29 heavy (non-hydrogen) atoms. The van der Waals surface area contributed by atoms with Gasteiger partial charge in [0.25, 0.3) is 0 Å². The van der Waals surface area contributed by atoms with Crippen molar-refractivity contribution < 1.29 is 36.1 Å². The van der Waals surface area contributed by atoms with E-state index in [1.165, 1.54) is 22.7 Å². The van der Waals surface area contributed by atoms with Crippen molar-refractivity contribution in [3.05, 3.63) is 44.8 Å². The molecule has 0 radical (unpaired) electrons. The van der Waals surface area contributed by atoms with Crippen LogP contribution in [0.3, 0.4) is 0 Å². The Labute approximate surface area is 190 Å². The van der Waals surface area contributed by atoms with Crippen molar-refractivity contribution in [2.24, 2.45) is 5.92 Å². The summed E-state index contributed by atoms with van der Waals surface area (Å²) in [5.74, 6) is 6.32. The molecule has 0 aromatic carbocycles. The van der Waals surface area contributed by atoms with Crippen molar-refractivity contribution in [2.45, 2.75) is 37.9 Å². The molecule has 156 valence electrons. The number of ether oxygens (including phenoxy) is 1. The summed E-state index contributed by atoms with van der Waals surface area (Å²) >= 11 is 2.76. The van der Waals surface area contributed by atoms with Gasteiger partial charge in [-0.25, -0.2) is 4.79 Å². The fourth-order valence-corrected chi connectivity index (χ4v) is 6.15. The standard InChI is InChI=1S/C22H26NO3S2.BrH/c1-2-3-4-11-23-12-9-17(10-13-23)18(16-23)26-21(24)22(25,19-7-5-14-27-19)20-8-6-15-28-20;/h5-8,14-15,17-18,25H,2,9-13,16H2,1H3;1H/q+1;/p-1/t17?,18-,23?;/m0./s1. The maximum atomic E-state index is 13.3. The Hall–Kier alpha value is -1.17. The second kappa shape index (κ2) is 9.32. The Morgan fingerprint density at radius 3 is 2.34 bits per heavy atom. The van der Waals surface area contributed by atoms with Gasteiger partial charge in [-0.2, -0.15) is 0 Å². The predicted octanol–water partition coefficient (Wildman–Crippen LogP) is 0.615. The molecular formula is C22H26BrNO3S2. The number of rotatable bonds is 5. The van der Waals surface area contributed by atoms with Gasteiger partial charge in [0, 0.05) is 25.2 Å². The fourth-order valence-electron chi connectivity index (χ4n) is 4.44. The lowest BCUT2D eigenvalue weighted by Crippen LogP contribution is -3.00. The van der Waals surface area contributed by atoms with E-state index in [4.69, 9.17) is 4.74 Å². The van der Waals surface area contributed by atoms with E-state index in [1.54, 1.807) is 12.1 Å². The van der Waals surface area contributed by atoms with E-state index in [0.29, 0.717) is 15.7 Å². The number of aliphatic hydroxyl groups is 1. The Balaban J connectivity index is 0.00000240. The molecule has 3 aliphatic heterocycles. The van der Waals surface area contributed by atoms with Gasteiger partial charge in [-0.3, -0.25) is 0 Å². The zero-order valence-corrected chi connectivity index (χ0v) is 19.7. The van der Waals surface area contributed by atoms with Crippen LogP contribution in [0.5, 0.6) is 0 Å². The topological polar surface area (TPSA) is 46.5 Å². The molecule has 2 aromatic rings.